The lowest BCUT2D eigenvalue weighted by Crippen LogP contribution is -2.51. The molecule has 2 aromatic rings. The molecule has 124 valence electrons. The van der Waals surface area contributed by atoms with Gasteiger partial charge >= 0.3 is 6.18 Å². The number of benzene rings is 2. The van der Waals surface area contributed by atoms with Crippen LogP contribution in [0, 0.1) is 0 Å². The van der Waals surface area contributed by atoms with E-state index < -0.39 is 23.3 Å². The third-order valence-electron chi connectivity index (χ3n) is 3.59. The highest BCUT2D eigenvalue weighted by Gasteiger charge is 2.60. The summed E-state index contributed by atoms with van der Waals surface area (Å²) >= 11 is 0.534. The third kappa shape index (κ3) is 3.17. The fourth-order valence-corrected chi connectivity index (χ4v) is 3.39. The average Bonchev–Trinajstić information content (AvgIpc) is 3.02. The minimum absolute atomic E-state index is 0.216. The van der Waals surface area contributed by atoms with E-state index in [1.165, 1.54) is 12.1 Å². The number of rotatable bonds is 4. The molecule has 24 heavy (non-hydrogen) atoms. The van der Waals surface area contributed by atoms with Gasteiger partial charge in [-0.2, -0.15) is 18.3 Å². The van der Waals surface area contributed by atoms with Crippen molar-refractivity contribution in [2.75, 3.05) is 0 Å². The Hall–Kier alpha value is -2.28. The van der Waals surface area contributed by atoms with E-state index in [1.54, 1.807) is 48.5 Å². The van der Waals surface area contributed by atoms with E-state index in [9.17, 15) is 18.0 Å². The summed E-state index contributed by atoms with van der Waals surface area (Å²) in [5.74, 6) is -0.586. The summed E-state index contributed by atoms with van der Waals surface area (Å²) in [5.41, 5.74) is 2.99. The first kappa shape index (κ1) is 16.6. The summed E-state index contributed by atoms with van der Waals surface area (Å²) in [6.07, 6.45) is -5.37. The van der Waals surface area contributed by atoms with Gasteiger partial charge in [0.15, 0.2) is 5.78 Å². The summed E-state index contributed by atoms with van der Waals surface area (Å²) in [6, 6.07) is 16.5. The molecule has 0 unspecified atom stereocenters. The number of ketones is 1. The first-order valence-corrected chi connectivity index (χ1v) is 7.97. The van der Waals surface area contributed by atoms with Crippen molar-refractivity contribution < 1.29 is 18.0 Å². The molecule has 1 heterocycles. The van der Waals surface area contributed by atoms with E-state index in [1.807, 2.05) is 0 Å². The Labute approximate surface area is 141 Å². The highest BCUT2D eigenvalue weighted by molar-refractivity contribution is 8.15. The molecule has 0 saturated heterocycles. The maximum absolute atomic E-state index is 13.7. The molecule has 3 nitrogen and oxygen atoms in total. The summed E-state index contributed by atoms with van der Waals surface area (Å²) in [4.78, 5) is 9.84. The van der Waals surface area contributed by atoms with Crippen LogP contribution in [0.25, 0.3) is 0 Å². The molecule has 0 radical (unpaired) electrons. The zero-order chi connectivity index (χ0) is 17.2. The van der Waals surface area contributed by atoms with Crippen molar-refractivity contribution in [3.63, 3.8) is 0 Å². The van der Waals surface area contributed by atoms with Crippen molar-refractivity contribution in [1.82, 2.24) is 5.43 Å². The third-order valence-corrected chi connectivity index (χ3v) is 4.93. The molecular formula is C17H13F3N2OS. The van der Waals surface area contributed by atoms with Crippen molar-refractivity contribution in [3.05, 3.63) is 71.8 Å². The number of alkyl halides is 3. The molecule has 1 atom stereocenters. The fourth-order valence-electron chi connectivity index (χ4n) is 2.31. The molecule has 0 aliphatic carbocycles. The van der Waals surface area contributed by atoms with Crippen molar-refractivity contribution >= 4 is 22.6 Å². The van der Waals surface area contributed by atoms with Gasteiger partial charge in [-0.25, -0.2) is 0 Å². The molecule has 0 amide bonds. The van der Waals surface area contributed by atoms with Crippen LogP contribution in [0.3, 0.4) is 0 Å². The van der Waals surface area contributed by atoms with Gasteiger partial charge in [-0.3, -0.25) is 10.2 Å². The van der Waals surface area contributed by atoms with Crippen LogP contribution in [-0.4, -0.2) is 21.9 Å². The zero-order valence-corrected chi connectivity index (χ0v) is 13.2. The number of nitrogens with zero attached hydrogens (tertiary/aromatic N) is 1. The fraction of sp³-hybridized carbons (Fsp3) is 0.176. The van der Waals surface area contributed by atoms with E-state index in [2.05, 4.69) is 10.5 Å². The summed E-state index contributed by atoms with van der Waals surface area (Å²) in [5, 5.41) is 4.05. The number of hydrogen-bond acceptors (Lipinski definition) is 4. The SMILES string of the molecule is O=C(C[C@@]1(C(F)(F)F)NN=C(c2ccccc2)S1)c1ccccc1. The van der Waals surface area contributed by atoms with E-state index in [-0.39, 0.29) is 10.6 Å². The summed E-state index contributed by atoms with van der Waals surface area (Å²) in [6.45, 7) is 0. The quantitative estimate of drug-likeness (QED) is 0.840. The van der Waals surface area contributed by atoms with Crippen LogP contribution < -0.4 is 5.43 Å². The Morgan fingerprint density at radius 1 is 1.04 bits per heavy atom. The number of halogens is 3. The van der Waals surface area contributed by atoms with Gasteiger partial charge in [-0.1, -0.05) is 72.4 Å². The Morgan fingerprint density at radius 2 is 1.62 bits per heavy atom. The lowest BCUT2D eigenvalue weighted by molar-refractivity contribution is -0.165. The Morgan fingerprint density at radius 3 is 2.21 bits per heavy atom. The predicted octanol–water partition coefficient (Wildman–Crippen LogP) is 4.22. The number of carbonyl (C=O) groups is 1. The van der Waals surface area contributed by atoms with Crippen LogP contribution >= 0.6 is 11.8 Å². The van der Waals surface area contributed by atoms with Crippen LogP contribution in [0.4, 0.5) is 13.2 Å². The second-order valence-electron chi connectivity index (χ2n) is 5.29. The predicted molar refractivity (Wildman–Crippen MR) is 87.9 cm³/mol. The number of hydrogen-bond donors (Lipinski definition) is 1. The summed E-state index contributed by atoms with van der Waals surface area (Å²) in [7, 11) is 0. The van der Waals surface area contributed by atoms with Gasteiger partial charge in [0.1, 0.15) is 5.04 Å². The number of thioether (sulfide) groups is 1. The van der Waals surface area contributed by atoms with Crippen molar-refractivity contribution in [1.29, 1.82) is 0 Å². The average molecular weight is 350 g/mol. The van der Waals surface area contributed by atoms with Crippen LogP contribution in [0.1, 0.15) is 22.3 Å². The maximum Gasteiger partial charge on any atom is 0.423 e. The van der Waals surface area contributed by atoms with E-state index in [0.717, 1.165) is 0 Å². The zero-order valence-electron chi connectivity index (χ0n) is 12.4. The topological polar surface area (TPSA) is 41.5 Å². The molecule has 2 aromatic carbocycles. The van der Waals surface area contributed by atoms with Crippen LogP contribution in [0.15, 0.2) is 65.8 Å². The minimum atomic E-state index is -4.64. The van der Waals surface area contributed by atoms with E-state index in [4.69, 9.17) is 0 Å². The lowest BCUT2D eigenvalue weighted by atomic mass is 10.0. The number of hydrazone groups is 1. The van der Waals surface area contributed by atoms with Gasteiger partial charge in [0.2, 0.25) is 4.87 Å². The smallest absolute Gasteiger partial charge is 0.294 e. The molecule has 0 fully saturated rings. The Bertz CT molecular complexity index is 762. The molecule has 3 rings (SSSR count). The van der Waals surface area contributed by atoms with Crippen LogP contribution in [0.2, 0.25) is 0 Å². The first-order chi connectivity index (χ1) is 11.4. The van der Waals surface area contributed by atoms with Crippen molar-refractivity contribution in [2.45, 2.75) is 17.5 Å². The lowest BCUT2D eigenvalue weighted by Gasteiger charge is -2.29. The second kappa shape index (κ2) is 6.32. The maximum atomic E-state index is 13.7. The molecular weight excluding hydrogens is 337 g/mol. The number of nitrogens with one attached hydrogen (secondary N) is 1. The van der Waals surface area contributed by atoms with Crippen LogP contribution in [-0.2, 0) is 0 Å². The largest absolute Gasteiger partial charge is 0.423 e. The minimum Gasteiger partial charge on any atom is -0.294 e. The molecule has 0 aromatic heterocycles. The molecule has 1 N–H and O–H groups in total. The van der Waals surface area contributed by atoms with Gasteiger partial charge in [-0.15, -0.1) is 0 Å². The van der Waals surface area contributed by atoms with Crippen molar-refractivity contribution in [3.8, 4) is 0 Å². The molecule has 1 aliphatic rings. The summed E-state index contributed by atoms with van der Waals surface area (Å²) < 4.78 is 41.0. The molecule has 1 aliphatic heterocycles. The molecule has 7 heteroatoms. The van der Waals surface area contributed by atoms with Gasteiger partial charge in [0.05, 0.1) is 6.42 Å². The van der Waals surface area contributed by atoms with Gasteiger partial charge in [0, 0.05) is 11.1 Å². The Kier molecular flexibility index (Phi) is 4.36. The first-order valence-electron chi connectivity index (χ1n) is 7.16. The molecule has 0 saturated carbocycles. The monoisotopic (exact) mass is 350 g/mol. The van der Waals surface area contributed by atoms with Gasteiger partial charge in [0.25, 0.3) is 0 Å². The van der Waals surface area contributed by atoms with Gasteiger partial charge in [-0.05, 0) is 0 Å². The standard InChI is InChI=1S/C17H13F3N2OS/c18-17(19,20)16(11-14(23)12-7-3-1-4-8-12)22-21-15(24-16)13-9-5-2-6-10-13/h1-10,22H,11H2/t16-/m1/s1. The van der Waals surface area contributed by atoms with Crippen molar-refractivity contribution in [2.24, 2.45) is 5.10 Å². The highest BCUT2D eigenvalue weighted by atomic mass is 32.2. The normalized spacial score (nSPS) is 20.4. The van der Waals surface area contributed by atoms with Crippen LogP contribution in [0.5, 0.6) is 0 Å². The molecule has 0 spiro atoms. The number of carbonyl (C=O) groups excluding carboxylic acids is 1. The molecule has 0 bridgehead atoms. The Balaban J connectivity index is 1.85. The number of Topliss-reactive ketones (excluding diaryl/α,β-unsaturated/α-hetero) is 1. The second-order valence-corrected chi connectivity index (χ2v) is 6.58. The van der Waals surface area contributed by atoms with E-state index >= 15 is 0 Å². The highest BCUT2D eigenvalue weighted by Crippen LogP contribution is 2.47. The van der Waals surface area contributed by atoms with Gasteiger partial charge < -0.3 is 0 Å². The van der Waals surface area contributed by atoms with E-state index in [0.29, 0.717) is 17.3 Å².